The molecule has 0 rings (SSSR count). The fourth-order valence-electron chi connectivity index (χ4n) is 9.15. The molecule has 0 aliphatic heterocycles. The minimum absolute atomic E-state index is 0.0564. The highest BCUT2D eigenvalue weighted by molar-refractivity contribution is 7.47. The Balaban J connectivity index is 4.02. The molecule has 0 radical (unpaired) electrons. The topological polar surface area (TPSA) is 105 Å². The van der Waals surface area contributed by atoms with Crippen molar-refractivity contribution in [2.75, 3.05) is 40.9 Å². The molecule has 8 nitrogen and oxygen atoms in total. The Hall–Kier alpha value is -1.54. The quantitative estimate of drug-likeness (QED) is 0.0243. The first-order valence-electron chi connectivity index (χ1n) is 31.0. The highest BCUT2D eigenvalue weighted by Crippen LogP contribution is 2.43. The molecule has 0 bridgehead atoms. The van der Waals surface area contributed by atoms with Gasteiger partial charge < -0.3 is 19.8 Å². The van der Waals surface area contributed by atoms with Gasteiger partial charge in [-0.2, -0.15) is 0 Å². The fraction of sp³-hybridized carbons (Fsp3) is 0.857. The van der Waals surface area contributed by atoms with Gasteiger partial charge in [0.15, 0.2) is 0 Å². The number of amides is 1. The number of nitrogens with zero attached hydrogens (tertiary/aromatic N) is 1. The van der Waals surface area contributed by atoms with Crippen LogP contribution in [0.15, 0.2) is 48.6 Å². The summed E-state index contributed by atoms with van der Waals surface area (Å²) in [6.45, 7) is 4.82. The van der Waals surface area contributed by atoms with Crippen LogP contribution in [-0.4, -0.2) is 73.4 Å². The fourth-order valence-corrected chi connectivity index (χ4v) is 9.89. The van der Waals surface area contributed by atoms with E-state index in [9.17, 15) is 19.4 Å². The van der Waals surface area contributed by atoms with Crippen LogP contribution < -0.4 is 5.32 Å². The number of phosphoric acid groups is 1. The molecular formula is C63H122N2O6P+. The Bertz CT molecular complexity index is 1310. The van der Waals surface area contributed by atoms with Gasteiger partial charge in [0.2, 0.25) is 5.91 Å². The van der Waals surface area contributed by atoms with Gasteiger partial charge in [0.25, 0.3) is 0 Å². The maximum atomic E-state index is 13.0. The minimum Gasteiger partial charge on any atom is -0.387 e. The summed E-state index contributed by atoms with van der Waals surface area (Å²) in [5, 5.41) is 13.9. The van der Waals surface area contributed by atoms with Crippen LogP contribution in [0, 0.1) is 0 Å². The third kappa shape index (κ3) is 56.2. The largest absolute Gasteiger partial charge is 0.472 e. The van der Waals surface area contributed by atoms with Gasteiger partial charge in [0.05, 0.1) is 39.9 Å². The van der Waals surface area contributed by atoms with Crippen molar-refractivity contribution in [2.24, 2.45) is 0 Å². The van der Waals surface area contributed by atoms with Crippen LogP contribution in [-0.2, 0) is 18.4 Å². The highest BCUT2D eigenvalue weighted by Gasteiger charge is 2.27. The first kappa shape index (κ1) is 70.5. The van der Waals surface area contributed by atoms with Crippen molar-refractivity contribution in [1.29, 1.82) is 0 Å². The van der Waals surface area contributed by atoms with Gasteiger partial charge in [-0.05, 0) is 64.2 Å². The number of hydrogen-bond acceptors (Lipinski definition) is 5. The minimum atomic E-state index is -4.35. The van der Waals surface area contributed by atoms with Crippen molar-refractivity contribution in [1.82, 2.24) is 5.32 Å². The summed E-state index contributed by atoms with van der Waals surface area (Å²) in [6, 6.07) is -0.863. The van der Waals surface area contributed by atoms with E-state index in [0.29, 0.717) is 17.4 Å². The van der Waals surface area contributed by atoms with Gasteiger partial charge in [-0.25, -0.2) is 4.57 Å². The normalized spacial score (nSPS) is 14.2. The zero-order chi connectivity index (χ0) is 52.7. The summed E-state index contributed by atoms with van der Waals surface area (Å²) in [4.78, 5) is 23.3. The van der Waals surface area contributed by atoms with Crippen LogP contribution in [0.5, 0.6) is 0 Å². The van der Waals surface area contributed by atoms with E-state index in [4.69, 9.17) is 9.05 Å². The van der Waals surface area contributed by atoms with Crippen LogP contribution in [0.2, 0.25) is 0 Å². The van der Waals surface area contributed by atoms with Gasteiger partial charge >= 0.3 is 7.82 Å². The summed E-state index contributed by atoms with van der Waals surface area (Å²) in [5.74, 6) is -0.184. The number of aliphatic hydroxyl groups excluding tert-OH is 1. The monoisotopic (exact) mass is 1030 g/mol. The molecule has 0 fully saturated rings. The van der Waals surface area contributed by atoms with Gasteiger partial charge in [-0.3, -0.25) is 13.8 Å². The summed E-state index contributed by atoms with van der Waals surface area (Å²) >= 11 is 0. The first-order valence-corrected chi connectivity index (χ1v) is 32.5. The standard InChI is InChI=1S/C63H121N2O6P/c1-6-8-10-12-14-16-18-20-22-23-24-25-26-27-28-29-30-31-32-33-34-35-36-37-38-39-40-41-43-45-47-49-51-53-55-57-63(67)64-61(60-71-72(68,69)70-59-58-65(3,4)5)62(66)56-54-52-50-48-46-44-42-21-19-17-15-13-11-9-7-2/h26-27,29-30,46,48,54,56,61-62,66H,6-25,28,31-45,47,49-53,55,57-60H2,1-5H3,(H-,64,67,68,69)/p+1/b27-26-,30-29-,48-46+,56-54+. The molecule has 0 aliphatic carbocycles. The number of rotatable bonds is 57. The number of carbonyl (C=O) groups is 1. The maximum absolute atomic E-state index is 13.0. The van der Waals surface area contributed by atoms with Crippen molar-refractivity contribution in [3.8, 4) is 0 Å². The molecule has 0 saturated carbocycles. The number of allylic oxidation sites excluding steroid dienone is 7. The summed E-state index contributed by atoms with van der Waals surface area (Å²) in [6.07, 6.45) is 72.4. The van der Waals surface area contributed by atoms with E-state index in [1.165, 1.54) is 231 Å². The molecule has 0 saturated heterocycles. The first-order chi connectivity index (χ1) is 35.0. The molecule has 3 atom stereocenters. The van der Waals surface area contributed by atoms with Gasteiger partial charge in [0.1, 0.15) is 13.2 Å². The van der Waals surface area contributed by atoms with Gasteiger partial charge in [-0.1, -0.05) is 274 Å². The third-order valence-electron chi connectivity index (χ3n) is 14.0. The number of nitrogens with one attached hydrogen (secondary N) is 1. The predicted molar refractivity (Wildman–Crippen MR) is 314 cm³/mol. The van der Waals surface area contributed by atoms with Crippen molar-refractivity contribution in [3.63, 3.8) is 0 Å². The Kier molecular flexibility index (Phi) is 53.1. The Morgan fingerprint density at radius 2 is 0.806 bits per heavy atom. The second-order valence-electron chi connectivity index (χ2n) is 22.4. The van der Waals surface area contributed by atoms with Crippen LogP contribution in [0.25, 0.3) is 0 Å². The molecule has 424 valence electrons. The highest BCUT2D eigenvalue weighted by atomic mass is 31.2. The smallest absolute Gasteiger partial charge is 0.387 e. The zero-order valence-electron chi connectivity index (χ0n) is 48.4. The summed E-state index contributed by atoms with van der Waals surface area (Å²) in [5.41, 5.74) is 0. The Morgan fingerprint density at radius 1 is 0.472 bits per heavy atom. The van der Waals surface area contributed by atoms with E-state index in [1.807, 2.05) is 27.2 Å². The Morgan fingerprint density at radius 3 is 1.19 bits per heavy atom. The lowest BCUT2D eigenvalue weighted by Gasteiger charge is -2.25. The number of carbonyl (C=O) groups excluding carboxylic acids is 1. The lowest BCUT2D eigenvalue weighted by Crippen LogP contribution is -2.45. The lowest BCUT2D eigenvalue weighted by atomic mass is 10.0. The molecule has 1 amide bonds. The van der Waals surface area contributed by atoms with E-state index < -0.39 is 20.0 Å². The second kappa shape index (κ2) is 54.3. The van der Waals surface area contributed by atoms with Crippen molar-refractivity contribution in [3.05, 3.63) is 48.6 Å². The molecule has 0 aliphatic rings. The zero-order valence-corrected chi connectivity index (χ0v) is 49.3. The molecule has 0 aromatic heterocycles. The number of likely N-dealkylation sites (N-methyl/N-ethyl adjacent to an activating group) is 1. The SMILES string of the molecule is CCCCCCCCCCC/C=C/CC/C=C/C(O)C(COP(=O)(O)OCC[N+](C)(C)C)NC(=O)CCCCCCCCCCCCCCCCCCC/C=C\C/C=C\CCCCCCCCCCCCC. The molecule has 72 heavy (non-hydrogen) atoms. The molecular weight excluding hydrogens is 912 g/mol. The number of unbranched alkanes of at least 4 members (excludes halogenated alkanes) is 38. The van der Waals surface area contributed by atoms with E-state index >= 15 is 0 Å². The van der Waals surface area contributed by atoms with Crippen LogP contribution in [0.1, 0.15) is 296 Å². The maximum Gasteiger partial charge on any atom is 0.472 e. The van der Waals surface area contributed by atoms with Crippen molar-refractivity contribution >= 4 is 13.7 Å². The number of quaternary nitrogens is 1. The lowest BCUT2D eigenvalue weighted by molar-refractivity contribution is -0.870. The molecule has 3 unspecified atom stereocenters. The number of aliphatic hydroxyl groups is 1. The number of hydrogen-bond donors (Lipinski definition) is 3. The summed E-state index contributed by atoms with van der Waals surface area (Å²) < 4.78 is 23.7. The molecule has 0 aromatic carbocycles. The summed E-state index contributed by atoms with van der Waals surface area (Å²) in [7, 11) is 1.56. The van der Waals surface area contributed by atoms with Crippen LogP contribution in [0.3, 0.4) is 0 Å². The van der Waals surface area contributed by atoms with E-state index in [2.05, 4.69) is 55.6 Å². The Labute approximate surface area is 448 Å². The van der Waals surface area contributed by atoms with E-state index in [-0.39, 0.29) is 19.1 Å². The van der Waals surface area contributed by atoms with Crippen LogP contribution in [0.4, 0.5) is 0 Å². The molecule has 0 spiro atoms. The second-order valence-corrected chi connectivity index (χ2v) is 23.9. The van der Waals surface area contributed by atoms with E-state index in [0.717, 1.165) is 44.9 Å². The average Bonchev–Trinajstić information content (AvgIpc) is 3.34. The van der Waals surface area contributed by atoms with Gasteiger partial charge in [-0.15, -0.1) is 0 Å². The van der Waals surface area contributed by atoms with Gasteiger partial charge in [0, 0.05) is 6.42 Å². The molecule has 3 N–H and O–H groups in total. The average molecular weight is 1030 g/mol. The van der Waals surface area contributed by atoms with Crippen molar-refractivity contribution < 1.29 is 32.9 Å². The number of phosphoric ester groups is 1. The predicted octanol–water partition coefficient (Wildman–Crippen LogP) is 19.1. The third-order valence-corrected chi connectivity index (χ3v) is 15.0. The van der Waals surface area contributed by atoms with Crippen LogP contribution >= 0.6 is 7.82 Å². The molecule has 0 aromatic rings. The molecule has 0 heterocycles. The van der Waals surface area contributed by atoms with Crippen molar-refractivity contribution in [2.45, 2.75) is 309 Å². The van der Waals surface area contributed by atoms with E-state index in [1.54, 1.807) is 6.08 Å². The molecule has 9 heteroatoms.